The van der Waals surface area contributed by atoms with E-state index < -0.39 is 24.1 Å². The molecule has 0 fully saturated rings. The Hall–Kier alpha value is -2.10. The molecule has 0 bridgehead atoms. The summed E-state index contributed by atoms with van der Waals surface area (Å²) in [6, 6.07) is 0. The van der Waals surface area contributed by atoms with E-state index in [2.05, 4.69) is 19.9 Å². The second-order valence-electron chi connectivity index (χ2n) is 6.76. The molecule has 0 saturated heterocycles. The van der Waals surface area contributed by atoms with Gasteiger partial charge < -0.3 is 9.47 Å². The fraction of sp³-hybridized carbons (Fsp3) is 0.545. The quantitative estimate of drug-likeness (QED) is 0.179. The van der Waals surface area contributed by atoms with Gasteiger partial charge in [0.1, 0.15) is 0 Å². The molecule has 4 heteroatoms. The Morgan fingerprint density at radius 3 is 2.77 bits per heavy atom. The predicted octanol–water partition coefficient (Wildman–Crippen LogP) is 5.06. The van der Waals surface area contributed by atoms with Crippen LogP contribution in [-0.2, 0) is 19.1 Å². The van der Waals surface area contributed by atoms with Crippen LogP contribution in [0.5, 0.6) is 0 Å². The van der Waals surface area contributed by atoms with E-state index in [0.717, 1.165) is 5.57 Å². The van der Waals surface area contributed by atoms with E-state index in [0.29, 0.717) is 5.92 Å². The predicted molar refractivity (Wildman–Crippen MR) is 105 cm³/mol. The molecule has 0 N–H and O–H groups in total. The number of ether oxygens (including phenoxy) is 2. The molecule has 0 saturated carbocycles. The standard InChI is InChI=1S/C22H32O4/c1-5-7-8-9-11-17(3)16-18(4)12-14-21(23)26-20-13-15-22(24)25-19(20)10-6-2/h6,10,12-17,19-20H,5,7-9,11H2,1-4H3. The van der Waals surface area contributed by atoms with Crippen molar-refractivity contribution in [2.24, 2.45) is 5.92 Å². The van der Waals surface area contributed by atoms with Crippen LogP contribution in [-0.4, -0.2) is 24.1 Å². The lowest BCUT2D eigenvalue weighted by Gasteiger charge is -2.24. The molecule has 3 unspecified atom stereocenters. The van der Waals surface area contributed by atoms with E-state index in [1.54, 1.807) is 24.3 Å². The minimum Gasteiger partial charge on any atom is -0.451 e. The van der Waals surface area contributed by atoms with Crippen LogP contribution in [0, 0.1) is 5.92 Å². The van der Waals surface area contributed by atoms with Crippen LogP contribution in [0.3, 0.4) is 0 Å². The molecular weight excluding hydrogens is 328 g/mol. The average molecular weight is 360 g/mol. The Morgan fingerprint density at radius 2 is 2.08 bits per heavy atom. The first-order chi connectivity index (χ1) is 12.5. The number of cyclic esters (lactones) is 1. The molecule has 0 aromatic heterocycles. The van der Waals surface area contributed by atoms with Crippen LogP contribution in [0.1, 0.15) is 59.8 Å². The number of unbranched alkanes of at least 4 members (excludes halogenated alkanes) is 3. The molecule has 0 aromatic rings. The molecule has 0 radical (unpaired) electrons. The van der Waals surface area contributed by atoms with Crippen molar-refractivity contribution in [3.05, 3.63) is 48.1 Å². The number of hydrogen-bond acceptors (Lipinski definition) is 4. The third-order valence-electron chi connectivity index (χ3n) is 4.18. The molecule has 1 rings (SSSR count). The molecule has 1 aliphatic rings. The summed E-state index contributed by atoms with van der Waals surface area (Å²) in [7, 11) is 0. The molecule has 0 aromatic carbocycles. The molecule has 144 valence electrons. The molecule has 1 aliphatic heterocycles. The third-order valence-corrected chi connectivity index (χ3v) is 4.18. The second kappa shape index (κ2) is 12.3. The fourth-order valence-electron chi connectivity index (χ4n) is 2.82. The number of carbonyl (C=O) groups excluding carboxylic acids is 2. The van der Waals surface area contributed by atoms with Crippen molar-refractivity contribution in [2.75, 3.05) is 0 Å². The maximum Gasteiger partial charge on any atom is 0.331 e. The highest BCUT2D eigenvalue weighted by atomic mass is 16.6. The molecule has 0 spiro atoms. The number of hydrogen-bond donors (Lipinski definition) is 0. The Morgan fingerprint density at radius 1 is 1.31 bits per heavy atom. The minimum absolute atomic E-state index is 0.428. The lowest BCUT2D eigenvalue weighted by atomic mass is 10.00. The van der Waals surface area contributed by atoms with E-state index in [1.807, 2.05) is 13.8 Å². The van der Waals surface area contributed by atoms with Crippen molar-refractivity contribution < 1.29 is 19.1 Å². The van der Waals surface area contributed by atoms with E-state index in [4.69, 9.17) is 9.47 Å². The second-order valence-corrected chi connectivity index (χ2v) is 6.76. The van der Waals surface area contributed by atoms with Gasteiger partial charge >= 0.3 is 11.9 Å². The van der Waals surface area contributed by atoms with Crippen LogP contribution in [0.25, 0.3) is 0 Å². The maximum absolute atomic E-state index is 12.0. The van der Waals surface area contributed by atoms with Crippen LogP contribution in [0.4, 0.5) is 0 Å². The maximum atomic E-state index is 12.0. The number of allylic oxidation sites excluding steroid dienone is 4. The Labute approximate surface area is 157 Å². The monoisotopic (exact) mass is 360 g/mol. The molecule has 3 atom stereocenters. The van der Waals surface area contributed by atoms with Crippen molar-refractivity contribution in [1.29, 1.82) is 0 Å². The van der Waals surface area contributed by atoms with Crippen molar-refractivity contribution >= 4 is 11.9 Å². The van der Waals surface area contributed by atoms with E-state index >= 15 is 0 Å². The van der Waals surface area contributed by atoms with Crippen LogP contribution < -0.4 is 0 Å². The summed E-state index contributed by atoms with van der Waals surface area (Å²) in [6.45, 7) is 8.22. The van der Waals surface area contributed by atoms with Crippen LogP contribution >= 0.6 is 0 Å². The fourth-order valence-corrected chi connectivity index (χ4v) is 2.82. The normalized spacial score (nSPS) is 22.0. The van der Waals surface area contributed by atoms with Crippen molar-refractivity contribution in [2.45, 2.75) is 72.0 Å². The average Bonchev–Trinajstić information content (AvgIpc) is 2.59. The van der Waals surface area contributed by atoms with Crippen molar-refractivity contribution in [3.8, 4) is 0 Å². The summed E-state index contributed by atoms with van der Waals surface area (Å²) < 4.78 is 10.5. The smallest absolute Gasteiger partial charge is 0.331 e. The highest BCUT2D eigenvalue weighted by molar-refractivity contribution is 5.85. The molecule has 0 aliphatic carbocycles. The summed E-state index contributed by atoms with van der Waals surface area (Å²) in [4.78, 5) is 23.3. The van der Waals surface area contributed by atoms with Gasteiger partial charge in [-0.2, -0.15) is 0 Å². The van der Waals surface area contributed by atoms with Gasteiger partial charge in [-0.05, 0) is 38.3 Å². The molecule has 1 heterocycles. The van der Waals surface area contributed by atoms with Gasteiger partial charge in [0, 0.05) is 12.2 Å². The molecule has 4 nitrogen and oxygen atoms in total. The van der Waals surface area contributed by atoms with Gasteiger partial charge in [-0.3, -0.25) is 0 Å². The minimum atomic E-state index is -0.595. The van der Waals surface area contributed by atoms with E-state index in [-0.39, 0.29) is 0 Å². The topological polar surface area (TPSA) is 52.6 Å². The number of rotatable bonds is 10. The van der Waals surface area contributed by atoms with Gasteiger partial charge in [0.25, 0.3) is 0 Å². The summed E-state index contributed by atoms with van der Waals surface area (Å²) in [5, 5.41) is 0. The first-order valence-electron chi connectivity index (χ1n) is 9.55. The number of esters is 2. The van der Waals surface area contributed by atoms with Crippen LogP contribution in [0.15, 0.2) is 48.1 Å². The Balaban J connectivity index is 2.51. The largest absolute Gasteiger partial charge is 0.451 e. The molecule has 26 heavy (non-hydrogen) atoms. The zero-order valence-electron chi connectivity index (χ0n) is 16.4. The Bertz CT molecular complexity index is 569. The van der Waals surface area contributed by atoms with E-state index in [1.165, 1.54) is 44.3 Å². The first kappa shape index (κ1) is 21.9. The van der Waals surface area contributed by atoms with Gasteiger partial charge in [0.15, 0.2) is 12.2 Å². The molecule has 0 amide bonds. The third kappa shape index (κ3) is 8.84. The van der Waals surface area contributed by atoms with Gasteiger partial charge in [-0.15, -0.1) is 0 Å². The van der Waals surface area contributed by atoms with Gasteiger partial charge in [0.05, 0.1) is 0 Å². The van der Waals surface area contributed by atoms with Crippen molar-refractivity contribution in [1.82, 2.24) is 0 Å². The highest BCUT2D eigenvalue weighted by Crippen LogP contribution is 2.16. The summed E-state index contributed by atoms with van der Waals surface area (Å²) in [5.41, 5.74) is 1.04. The van der Waals surface area contributed by atoms with Gasteiger partial charge in [0.2, 0.25) is 0 Å². The summed E-state index contributed by atoms with van der Waals surface area (Å²) in [5.74, 6) is -0.384. The lowest BCUT2D eigenvalue weighted by Crippen LogP contribution is -2.35. The zero-order chi connectivity index (χ0) is 19.4. The zero-order valence-corrected chi connectivity index (χ0v) is 16.4. The summed E-state index contributed by atoms with van der Waals surface area (Å²) >= 11 is 0. The van der Waals surface area contributed by atoms with Gasteiger partial charge in [-0.25, -0.2) is 9.59 Å². The molecular formula is C22H32O4. The lowest BCUT2D eigenvalue weighted by molar-refractivity contribution is -0.156. The van der Waals surface area contributed by atoms with Gasteiger partial charge in [-0.1, -0.05) is 63.3 Å². The van der Waals surface area contributed by atoms with Crippen LogP contribution in [0.2, 0.25) is 0 Å². The SMILES string of the molecule is CC=CC1OC(=O)C=CC1OC(=O)C=CC(C)=CC(C)CCCCCC. The highest BCUT2D eigenvalue weighted by Gasteiger charge is 2.27. The number of carbonyl (C=O) groups is 2. The Kier molecular flexibility index (Phi) is 10.4. The first-order valence-corrected chi connectivity index (χ1v) is 9.55. The van der Waals surface area contributed by atoms with E-state index in [9.17, 15) is 9.59 Å². The summed E-state index contributed by atoms with van der Waals surface area (Å²) in [6.07, 6.45) is 16.7. The van der Waals surface area contributed by atoms with Crippen molar-refractivity contribution in [3.63, 3.8) is 0 Å².